The Kier molecular flexibility index (Phi) is 3.36. The lowest BCUT2D eigenvalue weighted by molar-refractivity contribution is -0.188. The van der Waals surface area contributed by atoms with Crippen LogP contribution in [0.5, 0.6) is 0 Å². The molecule has 1 heterocycles. The molecule has 1 aromatic rings. The van der Waals surface area contributed by atoms with Crippen LogP contribution in [0.1, 0.15) is 18.9 Å². The summed E-state index contributed by atoms with van der Waals surface area (Å²) in [5.41, 5.74) is -1.96. The van der Waals surface area contributed by atoms with E-state index in [2.05, 4.69) is 21.2 Å². The van der Waals surface area contributed by atoms with Gasteiger partial charge in [0.1, 0.15) is 5.82 Å². The molecule has 1 fully saturated rings. The molecule has 0 aromatic heterocycles. The molecular formula is C12H10BrF4NO. The van der Waals surface area contributed by atoms with E-state index < -0.39 is 35.8 Å². The highest BCUT2D eigenvalue weighted by Crippen LogP contribution is 2.47. The fourth-order valence-electron chi connectivity index (χ4n) is 2.41. The first kappa shape index (κ1) is 14.3. The lowest BCUT2D eigenvalue weighted by atomic mass is 9.80. The number of nitrogens with one attached hydrogen (secondary N) is 1. The van der Waals surface area contributed by atoms with E-state index in [0.717, 1.165) is 6.07 Å². The van der Waals surface area contributed by atoms with Crippen LogP contribution in [0.25, 0.3) is 0 Å². The summed E-state index contributed by atoms with van der Waals surface area (Å²) in [5.74, 6) is -3.46. The molecule has 7 heteroatoms. The molecule has 2 nitrogen and oxygen atoms in total. The van der Waals surface area contributed by atoms with Crippen molar-refractivity contribution in [3.05, 3.63) is 34.1 Å². The minimum atomic E-state index is -4.58. The van der Waals surface area contributed by atoms with E-state index in [9.17, 15) is 22.4 Å². The van der Waals surface area contributed by atoms with Crippen LogP contribution in [0.15, 0.2) is 22.7 Å². The Morgan fingerprint density at radius 3 is 2.63 bits per heavy atom. The van der Waals surface area contributed by atoms with Gasteiger partial charge in [-0.25, -0.2) is 4.39 Å². The Bertz CT molecular complexity index is 531. The normalized spacial score (nSPS) is 27.5. The predicted octanol–water partition coefficient (Wildman–Crippen LogP) is 3.50. The lowest BCUT2D eigenvalue weighted by Gasteiger charge is -2.33. The van der Waals surface area contributed by atoms with Gasteiger partial charge < -0.3 is 5.32 Å². The molecule has 0 radical (unpaired) electrons. The van der Waals surface area contributed by atoms with Gasteiger partial charge in [-0.15, -0.1) is 0 Å². The van der Waals surface area contributed by atoms with E-state index in [1.54, 1.807) is 0 Å². The molecule has 1 aliphatic rings. The zero-order valence-electron chi connectivity index (χ0n) is 9.81. The molecule has 1 aliphatic heterocycles. The summed E-state index contributed by atoms with van der Waals surface area (Å²) in [4.78, 5) is 11.3. The van der Waals surface area contributed by atoms with E-state index in [4.69, 9.17) is 0 Å². The van der Waals surface area contributed by atoms with E-state index in [1.807, 2.05) is 0 Å². The zero-order valence-corrected chi connectivity index (χ0v) is 11.4. The molecule has 1 N–H and O–H groups in total. The number of hydrogen-bond donors (Lipinski definition) is 1. The molecule has 0 bridgehead atoms. The summed E-state index contributed by atoms with van der Waals surface area (Å²) >= 11 is 3.09. The van der Waals surface area contributed by atoms with Gasteiger partial charge in [0, 0.05) is 16.5 Å². The Morgan fingerprint density at radius 1 is 1.42 bits per heavy atom. The number of benzene rings is 1. The molecule has 19 heavy (non-hydrogen) atoms. The van der Waals surface area contributed by atoms with Crippen molar-refractivity contribution in [3.63, 3.8) is 0 Å². The van der Waals surface area contributed by atoms with Crippen LogP contribution >= 0.6 is 15.9 Å². The molecule has 1 aromatic carbocycles. The average Bonchev–Trinajstić information content (AvgIpc) is 2.58. The standard InChI is InChI=1S/C12H10BrF4NO/c1-11(7-4-6(13)2-3-8(7)14)9(12(15,16)17)5-10(19)18-11/h2-4,9H,5H2,1H3,(H,18,19)/t9-,11-/m1/s1. The van der Waals surface area contributed by atoms with Crippen LogP contribution in [-0.4, -0.2) is 12.1 Å². The second kappa shape index (κ2) is 4.47. The van der Waals surface area contributed by atoms with Gasteiger partial charge >= 0.3 is 6.18 Å². The minimum Gasteiger partial charge on any atom is -0.346 e. The largest absolute Gasteiger partial charge is 0.394 e. The van der Waals surface area contributed by atoms with Gasteiger partial charge in [0.15, 0.2) is 0 Å². The van der Waals surface area contributed by atoms with Crippen LogP contribution in [0.3, 0.4) is 0 Å². The predicted molar refractivity (Wildman–Crippen MR) is 63.8 cm³/mol. The van der Waals surface area contributed by atoms with E-state index in [-0.39, 0.29) is 5.56 Å². The highest BCUT2D eigenvalue weighted by molar-refractivity contribution is 9.10. The molecule has 0 saturated carbocycles. The van der Waals surface area contributed by atoms with E-state index in [0.29, 0.717) is 4.47 Å². The third-order valence-electron chi connectivity index (χ3n) is 3.37. The van der Waals surface area contributed by atoms with Gasteiger partial charge in [-0.3, -0.25) is 4.79 Å². The topological polar surface area (TPSA) is 29.1 Å². The van der Waals surface area contributed by atoms with Crippen LogP contribution in [0.4, 0.5) is 17.6 Å². The van der Waals surface area contributed by atoms with Crippen molar-refractivity contribution in [3.8, 4) is 0 Å². The van der Waals surface area contributed by atoms with Crippen LogP contribution < -0.4 is 5.32 Å². The van der Waals surface area contributed by atoms with Crippen molar-refractivity contribution in [2.75, 3.05) is 0 Å². The summed E-state index contributed by atoms with van der Waals surface area (Å²) in [6, 6.07) is 3.73. The van der Waals surface area contributed by atoms with Crippen molar-refractivity contribution < 1.29 is 22.4 Å². The number of alkyl halides is 3. The smallest absolute Gasteiger partial charge is 0.346 e. The molecule has 0 unspecified atom stereocenters. The van der Waals surface area contributed by atoms with Crippen molar-refractivity contribution in [1.29, 1.82) is 0 Å². The summed E-state index contributed by atoms with van der Waals surface area (Å²) in [6.45, 7) is 1.20. The first-order chi connectivity index (χ1) is 8.64. The number of halogens is 5. The molecule has 0 aliphatic carbocycles. The fourth-order valence-corrected chi connectivity index (χ4v) is 2.77. The first-order valence-corrected chi connectivity index (χ1v) is 6.27. The third-order valence-corrected chi connectivity index (χ3v) is 3.86. The Hall–Kier alpha value is -1.11. The monoisotopic (exact) mass is 339 g/mol. The van der Waals surface area contributed by atoms with Crippen LogP contribution in [0, 0.1) is 11.7 Å². The summed E-state index contributed by atoms with van der Waals surface area (Å²) < 4.78 is 53.3. The van der Waals surface area contributed by atoms with Gasteiger partial charge in [0.2, 0.25) is 5.91 Å². The van der Waals surface area contributed by atoms with Crippen LogP contribution in [0.2, 0.25) is 0 Å². The first-order valence-electron chi connectivity index (χ1n) is 5.48. The Balaban J connectivity index is 2.56. The quantitative estimate of drug-likeness (QED) is 0.779. The van der Waals surface area contributed by atoms with Gasteiger partial charge in [-0.2, -0.15) is 13.2 Å². The Morgan fingerprint density at radius 2 is 2.05 bits per heavy atom. The van der Waals surface area contributed by atoms with Crippen LogP contribution in [-0.2, 0) is 10.3 Å². The van der Waals surface area contributed by atoms with E-state index >= 15 is 0 Å². The Labute approximate surface area is 115 Å². The highest BCUT2D eigenvalue weighted by Gasteiger charge is 2.58. The number of rotatable bonds is 1. The minimum absolute atomic E-state index is 0.171. The molecule has 104 valence electrons. The van der Waals surface area contributed by atoms with Gasteiger partial charge in [0.05, 0.1) is 11.5 Å². The maximum Gasteiger partial charge on any atom is 0.394 e. The maximum absolute atomic E-state index is 13.8. The summed E-state index contributed by atoms with van der Waals surface area (Å²) in [7, 11) is 0. The molecule has 1 amide bonds. The highest BCUT2D eigenvalue weighted by atomic mass is 79.9. The van der Waals surface area contributed by atoms with Crippen molar-refractivity contribution in [2.24, 2.45) is 5.92 Å². The number of hydrogen-bond acceptors (Lipinski definition) is 1. The maximum atomic E-state index is 13.8. The molecule has 2 rings (SSSR count). The second-order valence-corrected chi connectivity index (χ2v) is 5.59. The molecular weight excluding hydrogens is 330 g/mol. The number of carbonyl (C=O) groups excluding carboxylic acids is 1. The fraction of sp³-hybridized carbons (Fsp3) is 0.417. The second-order valence-electron chi connectivity index (χ2n) is 4.67. The van der Waals surface area contributed by atoms with Crippen molar-refractivity contribution in [2.45, 2.75) is 25.1 Å². The van der Waals surface area contributed by atoms with Crippen molar-refractivity contribution >= 4 is 21.8 Å². The lowest BCUT2D eigenvalue weighted by Crippen LogP contribution is -2.45. The summed E-state index contributed by atoms with van der Waals surface area (Å²) in [6.07, 6.45) is -5.27. The molecule has 0 spiro atoms. The third kappa shape index (κ3) is 2.48. The SMILES string of the molecule is C[C@]1(c2cc(Br)ccc2F)NC(=O)C[C@H]1C(F)(F)F. The zero-order chi connectivity index (χ0) is 14.4. The van der Waals surface area contributed by atoms with Gasteiger partial charge in [-0.05, 0) is 25.1 Å². The number of amides is 1. The van der Waals surface area contributed by atoms with Gasteiger partial charge in [0.25, 0.3) is 0 Å². The van der Waals surface area contributed by atoms with Gasteiger partial charge in [-0.1, -0.05) is 15.9 Å². The molecule has 2 atom stereocenters. The average molecular weight is 340 g/mol. The molecule has 1 saturated heterocycles. The van der Waals surface area contributed by atoms with E-state index in [1.165, 1.54) is 19.1 Å². The van der Waals surface area contributed by atoms with Crippen molar-refractivity contribution in [1.82, 2.24) is 5.32 Å². The number of carbonyl (C=O) groups is 1. The summed E-state index contributed by atoms with van der Waals surface area (Å²) in [5, 5.41) is 2.25.